The lowest BCUT2D eigenvalue weighted by molar-refractivity contribution is -0.201. The van der Waals surface area contributed by atoms with Gasteiger partial charge in [-0.15, -0.1) is 5.06 Å². The Bertz CT molecular complexity index is 2150. The van der Waals surface area contributed by atoms with Gasteiger partial charge in [0.15, 0.2) is 0 Å². The second-order valence-corrected chi connectivity index (χ2v) is 18.6. The van der Waals surface area contributed by atoms with E-state index >= 15 is 0 Å². The van der Waals surface area contributed by atoms with E-state index in [2.05, 4.69) is 54.5 Å². The summed E-state index contributed by atoms with van der Waals surface area (Å²) >= 11 is 2.08. The van der Waals surface area contributed by atoms with Crippen LogP contribution in [0.2, 0.25) is 0 Å². The van der Waals surface area contributed by atoms with E-state index in [9.17, 15) is 82.8 Å². The molecule has 4 atom stereocenters. The zero-order valence-electron chi connectivity index (χ0n) is 39.5. The van der Waals surface area contributed by atoms with Gasteiger partial charge in [-0.3, -0.25) is 52.7 Å². The summed E-state index contributed by atoms with van der Waals surface area (Å²) in [5, 5.41) is 53.2. The summed E-state index contributed by atoms with van der Waals surface area (Å²) in [5.41, 5.74) is 0.475. The van der Waals surface area contributed by atoms with Crippen LogP contribution in [0.15, 0.2) is 24.3 Å². The highest BCUT2D eigenvalue weighted by Gasteiger charge is 2.37. The van der Waals surface area contributed by atoms with Crippen molar-refractivity contribution in [3.63, 3.8) is 0 Å². The lowest BCUT2D eigenvalue weighted by Crippen LogP contribution is -2.57. The third kappa shape index (κ3) is 21.7. The van der Waals surface area contributed by atoms with Crippen LogP contribution >= 0.6 is 22.6 Å². The van der Waals surface area contributed by atoms with Crippen molar-refractivity contribution in [1.29, 1.82) is 0 Å². The predicted octanol–water partition coefficient (Wildman–Crippen LogP) is 0.900. The van der Waals surface area contributed by atoms with Crippen LogP contribution < -0.4 is 31.9 Å². The zero-order chi connectivity index (χ0) is 53.3. The maximum atomic E-state index is 13.6. The Morgan fingerprint density at radius 2 is 1.07 bits per heavy atom. The zero-order valence-corrected chi connectivity index (χ0v) is 41.6. The summed E-state index contributed by atoms with van der Waals surface area (Å²) in [6.07, 6.45) is -0.899. The molecule has 0 radical (unpaired) electrons. The van der Waals surface area contributed by atoms with E-state index in [0.29, 0.717) is 62.1 Å². The van der Waals surface area contributed by atoms with E-state index in [1.807, 2.05) is 6.07 Å². The fraction of sp³-hybridized carbons (Fsp3) is 0.587. The molecule has 8 amide bonds. The molecule has 0 spiro atoms. The van der Waals surface area contributed by atoms with Crippen molar-refractivity contribution in [2.45, 2.75) is 146 Å². The summed E-state index contributed by atoms with van der Waals surface area (Å²) in [6, 6.07) is 0.508. The number of nitrogens with one attached hydrogen (secondary N) is 6. The molecule has 1 aromatic carbocycles. The van der Waals surface area contributed by atoms with Crippen LogP contribution in [-0.2, 0) is 62.4 Å². The molecule has 2 fully saturated rings. The smallest absolute Gasteiger partial charge is 0.336 e. The van der Waals surface area contributed by atoms with Gasteiger partial charge in [-0.1, -0.05) is 18.9 Å². The number of hydrogen-bond donors (Lipinski definition) is 10. The third-order valence-electron chi connectivity index (χ3n) is 11.8. The first-order chi connectivity index (χ1) is 34.1. The van der Waals surface area contributed by atoms with E-state index in [1.165, 1.54) is 0 Å². The number of benzene rings is 1. The monoisotopic (exact) mass is 1130 g/mol. The van der Waals surface area contributed by atoms with Crippen molar-refractivity contribution in [2.75, 3.05) is 13.1 Å². The fourth-order valence-electron chi connectivity index (χ4n) is 7.71. The summed E-state index contributed by atoms with van der Waals surface area (Å²) in [7, 11) is 0. The predicted molar refractivity (Wildman–Crippen MR) is 255 cm³/mol. The quantitative estimate of drug-likeness (QED) is 0.0272. The second-order valence-electron chi connectivity index (χ2n) is 17.3. The summed E-state index contributed by atoms with van der Waals surface area (Å²) in [4.78, 5) is 166. The van der Waals surface area contributed by atoms with Crippen molar-refractivity contribution in [1.82, 2.24) is 37.0 Å². The number of carboxylic acid groups (broad SMARTS) is 4. The number of rotatable bonds is 32. The molecule has 3 rings (SSSR count). The molecule has 0 bridgehead atoms. The average Bonchev–Trinajstić information content (AvgIpc) is 3.64. The number of imide groups is 1. The van der Waals surface area contributed by atoms with Crippen LogP contribution in [-0.4, -0.2) is 140 Å². The number of amides is 8. The number of carbonyl (C=O) groups is 13. The van der Waals surface area contributed by atoms with Crippen LogP contribution in [0.3, 0.4) is 0 Å². The standard InChI is InChI=1S/C46H62IN7O18/c47-29-8-6-7-28(25-29)41(65)49-23-4-1-2-9-33(45(69)70)53-44(68)32(17-22-39(62)63)52-43(67)31(16-21-38(60)61)51-42(66)30(15-20-37(58)59)50-34(55)10-3-5-24-48-40(64)26-11-13-27(14-12-26)46(71)72-54-35(56)18-19-36(54)57/h6-8,25-27,30-33H,1-5,9-24H2,(H,48,64)(H,49,65)(H,50,55)(H,51,66)(H,52,67)(H,53,68)(H,58,59)(H,60,61)(H,62,63)(H,69,70)/t26?,27?,30-,31-,32-,33-/m1/s1. The first kappa shape index (κ1) is 59.6. The summed E-state index contributed by atoms with van der Waals surface area (Å²) in [5.74, 6) is -13.0. The Morgan fingerprint density at radius 3 is 1.58 bits per heavy atom. The Kier molecular flexibility index (Phi) is 25.5. The van der Waals surface area contributed by atoms with Gasteiger partial charge in [0.1, 0.15) is 24.2 Å². The molecule has 10 N–H and O–H groups in total. The largest absolute Gasteiger partial charge is 0.481 e. The molecule has 396 valence electrons. The van der Waals surface area contributed by atoms with Crippen LogP contribution in [0.25, 0.3) is 0 Å². The topological polar surface area (TPSA) is 387 Å². The number of nitrogens with zero attached hydrogens (tertiary/aromatic N) is 1. The van der Waals surface area contributed by atoms with E-state index in [-0.39, 0.29) is 56.9 Å². The molecule has 1 heterocycles. The molecule has 0 aromatic heterocycles. The SMILES string of the molecule is O=C(O)CC[C@@H](NC(=O)CCCCNC(=O)C1CCC(C(=O)ON2C(=O)CCC2=O)CC1)C(=O)N[C@H](CCC(=O)O)C(=O)N[C@H](CCC(=O)O)C(=O)N[C@H](CCCCCNC(=O)c1cccc(I)c1)C(=O)O. The highest BCUT2D eigenvalue weighted by Crippen LogP contribution is 2.30. The van der Waals surface area contributed by atoms with Crippen molar-refractivity contribution in [2.24, 2.45) is 11.8 Å². The minimum Gasteiger partial charge on any atom is -0.481 e. The summed E-state index contributed by atoms with van der Waals surface area (Å²) < 4.78 is 0.878. The van der Waals surface area contributed by atoms with Crippen molar-refractivity contribution >= 4 is 99.7 Å². The molecule has 1 aliphatic carbocycles. The molecule has 1 saturated carbocycles. The van der Waals surface area contributed by atoms with Crippen molar-refractivity contribution in [3.8, 4) is 0 Å². The van der Waals surface area contributed by atoms with Crippen LogP contribution in [0.1, 0.15) is 132 Å². The van der Waals surface area contributed by atoms with Gasteiger partial charge in [-0.2, -0.15) is 0 Å². The first-order valence-electron chi connectivity index (χ1n) is 23.6. The van der Waals surface area contributed by atoms with Gasteiger partial charge in [0.05, 0.1) is 5.92 Å². The molecular formula is C46H62IN7O18. The van der Waals surface area contributed by atoms with Crippen LogP contribution in [0, 0.1) is 15.4 Å². The molecule has 72 heavy (non-hydrogen) atoms. The van der Waals surface area contributed by atoms with Gasteiger partial charge in [-0.05, 0) is 111 Å². The lowest BCUT2D eigenvalue weighted by Gasteiger charge is -2.27. The van der Waals surface area contributed by atoms with Crippen LogP contribution in [0.4, 0.5) is 0 Å². The molecule has 25 nitrogen and oxygen atoms in total. The maximum Gasteiger partial charge on any atom is 0.336 e. The van der Waals surface area contributed by atoms with Gasteiger partial charge in [-0.25, -0.2) is 9.59 Å². The molecule has 1 aliphatic heterocycles. The van der Waals surface area contributed by atoms with Crippen molar-refractivity contribution in [3.05, 3.63) is 33.4 Å². The molecule has 1 saturated heterocycles. The fourth-order valence-corrected chi connectivity index (χ4v) is 8.26. The Labute approximate surface area is 427 Å². The molecule has 0 unspecified atom stereocenters. The highest BCUT2D eigenvalue weighted by molar-refractivity contribution is 14.1. The number of carboxylic acids is 4. The summed E-state index contributed by atoms with van der Waals surface area (Å²) in [6.45, 7) is 0.454. The number of unbranched alkanes of at least 4 members (excludes halogenated alkanes) is 3. The first-order valence-corrected chi connectivity index (χ1v) is 24.7. The Balaban J connectivity index is 1.52. The number of halogens is 1. The third-order valence-corrected chi connectivity index (χ3v) is 12.4. The van der Waals surface area contributed by atoms with Gasteiger partial charge in [0.2, 0.25) is 29.5 Å². The molecule has 1 aromatic rings. The van der Waals surface area contributed by atoms with Gasteiger partial charge < -0.3 is 57.2 Å². The van der Waals surface area contributed by atoms with Gasteiger partial charge >= 0.3 is 29.8 Å². The molecular weight excluding hydrogens is 1070 g/mol. The lowest BCUT2D eigenvalue weighted by atomic mass is 9.81. The number of carbonyl (C=O) groups excluding carboxylic acids is 9. The Hall–Kier alpha value is -6.74. The minimum absolute atomic E-state index is 0.0348. The van der Waals surface area contributed by atoms with E-state index < -0.39 is 140 Å². The van der Waals surface area contributed by atoms with E-state index in [0.717, 1.165) is 3.57 Å². The highest BCUT2D eigenvalue weighted by atomic mass is 127. The maximum absolute atomic E-state index is 13.6. The number of hydrogen-bond acceptors (Lipinski definition) is 14. The average molecular weight is 1130 g/mol. The number of hydroxylamine groups is 2. The number of aliphatic carboxylic acids is 4. The van der Waals surface area contributed by atoms with Gasteiger partial charge in [0.25, 0.3) is 17.7 Å². The molecule has 2 aliphatic rings. The minimum atomic E-state index is -1.72. The van der Waals surface area contributed by atoms with E-state index in [4.69, 9.17) is 4.84 Å². The Morgan fingerprint density at radius 1 is 0.583 bits per heavy atom. The van der Waals surface area contributed by atoms with Crippen molar-refractivity contribution < 1.29 is 87.6 Å². The normalized spacial score (nSPS) is 17.0. The van der Waals surface area contributed by atoms with Crippen LogP contribution in [0.5, 0.6) is 0 Å². The van der Waals surface area contributed by atoms with Gasteiger partial charge in [0, 0.05) is 66.7 Å². The molecule has 26 heteroatoms. The van der Waals surface area contributed by atoms with E-state index in [1.54, 1.807) is 18.2 Å². The second kappa shape index (κ2) is 30.9.